The van der Waals surface area contributed by atoms with Gasteiger partial charge in [0, 0.05) is 32.2 Å². The molecule has 1 heterocycles. The minimum Gasteiger partial charge on any atom is -0.329 e. The molecule has 0 amide bonds. The Morgan fingerprint density at radius 3 is 2.64 bits per heavy atom. The molecule has 0 aromatic heterocycles. The number of nitrogens with zero attached hydrogens (tertiary/aromatic N) is 2. The van der Waals surface area contributed by atoms with Crippen molar-refractivity contribution >= 4 is 0 Å². The van der Waals surface area contributed by atoms with Crippen LogP contribution < -0.4 is 5.73 Å². The van der Waals surface area contributed by atoms with Crippen molar-refractivity contribution in [2.24, 2.45) is 11.7 Å². The third-order valence-corrected chi connectivity index (χ3v) is 3.13. The molecule has 0 aliphatic carbocycles. The summed E-state index contributed by atoms with van der Waals surface area (Å²) < 4.78 is 0. The van der Waals surface area contributed by atoms with E-state index in [0.717, 1.165) is 19.0 Å². The Labute approximate surface area is 88.2 Å². The molecule has 0 saturated carbocycles. The smallest absolute Gasteiger partial charge is 0.0107 e. The van der Waals surface area contributed by atoms with E-state index >= 15 is 0 Å². The molecule has 1 atom stereocenters. The Balaban J connectivity index is 2.31. The van der Waals surface area contributed by atoms with Crippen LogP contribution in [0.15, 0.2) is 0 Å². The lowest BCUT2D eigenvalue weighted by Gasteiger charge is -2.28. The van der Waals surface area contributed by atoms with Crippen LogP contribution in [-0.4, -0.2) is 55.6 Å². The maximum atomic E-state index is 5.62. The lowest BCUT2D eigenvalue weighted by atomic mass is 10.1. The molecule has 1 aliphatic rings. The highest BCUT2D eigenvalue weighted by Crippen LogP contribution is 2.16. The maximum Gasteiger partial charge on any atom is 0.0107 e. The van der Waals surface area contributed by atoms with E-state index in [1.807, 2.05) is 0 Å². The highest BCUT2D eigenvalue weighted by atomic mass is 15.2. The van der Waals surface area contributed by atoms with E-state index in [1.54, 1.807) is 0 Å². The van der Waals surface area contributed by atoms with Gasteiger partial charge >= 0.3 is 0 Å². The molecule has 84 valence electrons. The molecule has 1 rings (SSSR count). The summed E-state index contributed by atoms with van der Waals surface area (Å²) in [7, 11) is 2.21. The first-order chi connectivity index (χ1) is 6.63. The minimum absolute atomic E-state index is 0.629. The third kappa shape index (κ3) is 3.56. The molecule has 1 saturated heterocycles. The van der Waals surface area contributed by atoms with Gasteiger partial charge < -0.3 is 10.6 Å². The van der Waals surface area contributed by atoms with Crippen molar-refractivity contribution in [3.8, 4) is 0 Å². The number of likely N-dealkylation sites (tertiary alicyclic amines) is 1. The Morgan fingerprint density at radius 2 is 2.21 bits per heavy atom. The van der Waals surface area contributed by atoms with Crippen LogP contribution in [0.3, 0.4) is 0 Å². The summed E-state index contributed by atoms with van der Waals surface area (Å²) in [5.41, 5.74) is 5.62. The van der Waals surface area contributed by atoms with E-state index in [-0.39, 0.29) is 0 Å². The summed E-state index contributed by atoms with van der Waals surface area (Å²) >= 11 is 0. The summed E-state index contributed by atoms with van der Waals surface area (Å²) in [4.78, 5) is 4.93. The van der Waals surface area contributed by atoms with Gasteiger partial charge in [-0.05, 0) is 39.8 Å². The molecule has 3 heteroatoms. The molecule has 1 aliphatic heterocycles. The topological polar surface area (TPSA) is 32.5 Å². The molecule has 0 unspecified atom stereocenters. The zero-order chi connectivity index (χ0) is 10.6. The van der Waals surface area contributed by atoms with Gasteiger partial charge in [-0.1, -0.05) is 0 Å². The Hall–Kier alpha value is -0.120. The summed E-state index contributed by atoms with van der Waals surface area (Å²) in [5.74, 6) is 0.856. The van der Waals surface area contributed by atoms with E-state index in [0.29, 0.717) is 6.04 Å². The van der Waals surface area contributed by atoms with E-state index < -0.39 is 0 Å². The van der Waals surface area contributed by atoms with Gasteiger partial charge in [-0.15, -0.1) is 0 Å². The first-order valence-electron chi connectivity index (χ1n) is 5.76. The standard InChI is InChI=1S/C11H25N3/c1-10(2)14(7-5-12)9-11-4-6-13(3)8-11/h10-11H,4-9,12H2,1-3H3/t11-/m1/s1. The van der Waals surface area contributed by atoms with Crippen molar-refractivity contribution in [3.05, 3.63) is 0 Å². The molecule has 0 aromatic carbocycles. The second-order valence-corrected chi connectivity index (χ2v) is 4.79. The van der Waals surface area contributed by atoms with Crippen LogP contribution in [0.5, 0.6) is 0 Å². The van der Waals surface area contributed by atoms with Gasteiger partial charge in [-0.25, -0.2) is 0 Å². The summed E-state index contributed by atoms with van der Waals surface area (Å²) in [6, 6.07) is 0.629. The van der Waals surface area contributed by atoms with Gasteiger partial charge in [0.25, 0.3) is 0 Å². The second kappa shape index (κ2) is 5.69. The van der Waals surface area contributed by atoms with E-state index in [1.165, 1.54) is 26.1 Å². The van der Waals surface area contributed by atoms with E-state index in [9.17, 15) is 0 Å². The maximum absolute atomic E-state index is 5.62. The molecular formula is C11H25N3. The molecule has 0 spiro atoms. The normalized spacial score (nSPS) is 24.0. The lowest BCUT2D eigenvalue weighted by Crippen LogP contribution is -2.39. The monoisotopic (exact) mass is 199 g/mol. The van der Waals surface area contributed by atoms with Crippen molar-refractivity contribution in [1.29, 1.82) is 0 Å². The molecule has 1 fully saturated rings. The van der Waals surface area contributed by atoms with Crippen molar-refractivity contribution < 1.29 is 0 Å². The zero-order valence-electron chi connectivity index (χ0n) is 9.87. The molecule has 2 N–H and O–H groups in total. The fraction of sp³-hybridized carbons (Fsp3) is 1.00. The van der Waals surface area contributed by atoms with Crippen molar-refractivity contribution in [1.82, 2.24) is 9.80 Å². The van der Waals surface area contributed by atoms with Crippen LogP contribution in [-0.2, 0) is 0 Å². The number of rotatable bonds is 5. The van der Waals surface area contributed by atoms with Crippen LogP contribution in [0.2, 0.25) is 0 Å². The van der Waals surface area contributed by atoms with Crippen LogP contribution in [0.25, 0.3) is 0 Å². The van der Waals surface area contributed by atoms with Gasteiger partial charge in [-0.2, -0.15) is 0 Å². The number of hydrogen-bond acceptors (Lipinski definition) is 3. The quantitative estimate of drug-likeness (QED) is 0.704. The summed E-state index contributed by atoms with van der Waals surface area (Å²) in [5, 5.41) is 0. The number of nitrogens with two attached hydrogens (primary N) is 1. The number of hydrogen-bond donors (Lipinski definition) is 1. The van der Waals surface area contributed by atoms with Crippen LogP contribution in [0.1, 0.15) is 20.3 Å². The fourth-order valence-electron chi connectivity index (χ4n) is 2.23. The molecule has 0 bridgehead atoms. The highest BCUT2D eigenvalue weighted by Gasteiger charge is 2.22. The second-order valence-electron chi connectivity index (χ2n) is 4.79. The molecule has 0 aromatic rings. The van der Waals surface area contributed by atoms with Crippen LogP contribution in [0, 0.1) is 5.92 Å². The van der Waals surface area contributed by atoms with Gasteiger partial charge in [0.15, 0.2) is 0 Å². The average Bonchev–Trinajstić information content (AvgIpc) is 2.50. The van der Waals surface area contributed by atoms with Gasteiger partial charge in [-0.3, -0.25) is 4.90 Å². The lowest BCUT2D eigenvalue weighted by molar-refractivity contribution is 0.193. The van der Waals surface area contributed by atoms with Crippen molar-refractivity contribution in [2.75, 3.05) is 39.8 Å². The Bertz CT molecular complexity index is 159. The molecular weight excluding hydrogens is 174 g/mol. The van der Waals surface area contributed by atoms with Crippen molar-refractivity contribution in [2.45, 2.75) is 26.3 Å². The first kappa shape index (κ1) is 12.0. The van der Waals surface area contributed by atoms with Crippen molar-refractivity contribution in [3.63, 3.8) is 0 Å². The SMILES string of the molecule is CC(C)N(CCN)C[C@@H]1CCN(C)C1. The highest BCUT2D eigenvalue weighted by molar-refractivity contribution is 4.77. The predicted octanol–water partition coefficient (Wildman–Crippen LogP) is 0.607. The van der Waals surface area contributed by atoms with Gasteiger partial charge in [0.2, 0.25) is 0 Å². The Kier molecular flexibility index (Phi) is 4.85. The van der Waals surface area contributed by atoms with Crippen LogP contribution in [0.4, 0.5) is 0 Å². The van der Waals surface area contributed by atoms with Gasteiger partial charge in [0.05, 0.1) is 0 Å². The average molecular weight is 199 g/mol. The summed E-state index contributed by atoms with van der Waals surface area (Å²) in [6.07, 6.45) is 1.35. The predicted molar refractivity (Wildman–Crippen MR) is 61.4 cm³/mol. The van der Waals surface area contributed by atoms with Crippen LogP contribution >= 0.6 is 0 Å². The Morgan fingerprint density at radius 1 is 1.50 bits per heavy atom. The largest absolute Gasteiger partial charge is 0.329 e. The summed E-state index contributed by atoms with van der Waals surface area (Å²) in [6.45, 7) is 10.1. The minimum atomic E-state index is 0.629. The molecule has 14 heavy (non-hydrogen) atoms. The van der Waals surface area contributed by atoms with Gasteiger partial charge in [0.1, 0.15) is 0 Å². The first-order valence-corrected chi connectivity index (χ1v) is 5.76. The fourth-order valence-corrected chi connectivity index (χ4v) is 2.23. The zero-order valence-corrected chi connectivity index (χ0v) is 9.87. The van der Waals surface area contributed by atoms with E-state index in [4.69, 9.17) is 5.73 Å². The third-order valence-electron chi connectivity index (χ3n) is 3.13. The molecule has 3 nitrogen and oxygen atoms in total. The van der Waals surface area contributed by atoms with E-state index in [2.05, 4.69) is 30.7 Å². The molecule has 0 radical (unpaired) electrons.